The predicted octanol–water partition coefficient (Wildman–Crippen LogP) is 3.51. The molecular formula is C18H23Cl2NO4. The first kappa shape index (κ1) is 20.0. The SMILES string of the molecule is COCC1(C(=O)O)CCCN(C(=O)C(C)Cc2ccc(Cl)cc2Cl)C1. The molecule has 0 saturated carbocycles. The Kier molecular flexibility index (Phi) is 6.72. The van der Waals surface area contributed by atoms with Gasteiger partial charge in [-0.2, -0.15) is 0 Å². The largest absolute Gasteiger partial charge is 0.481 e. The molecule has 1 saturated heterocycles. The number of aliphatic carboxylic acids is 1. The highest BCUT2D eigenvalue weighted by atomic mass is 35.5. The monoisotopic (exact) mass is 387 g/mol. The second-order valence-electron chi connectivity index (χ2n) is 6.72. The second-order valence-corrected chi connectivity index (χ2v) is 7.57. The number of ether oxygens (including phenoxy) is 1. The van der Waals surface area contributed by atoms with Crippen LogP contribution in [0.1, 0.15) is 25.3 Å². The molecule has 1 aliphatic rings. The maximum absolute atomic E-state index is 12.8. The van der Waals surface area contributed by atoms with Gasteiger partial charge >= 0.3 is 5.97 Å². The molecule has 1 fully saturated rings. The molecule has 2 unspecified atom stereocenters. The average Bonchev–Trinajstić information content (AvgIpc) is 2.57. The Balaban J connectivity index is 2.09. The zero-order valence-corrected chi connectivity index (χ0v) is 15.9. The lowest BCUT2D eigenvalue weighted by atomic mass is 9.80. The molecule has 1 aromatic carbocycles. The fourth-order valence-corrected chi connectivity index (χ4v) is 3.85. The van der Waals surface area contributed by atoms with Crippen molar-refractivity contribution in [1.29, 1.82) is 0 Å². The van der Waals surface area contributed by atoms with E-state index >= 15 is 0 Å². The molecule has 0 aliphatic carbocycles. The molecule has 7 heteroatoms. The van der Waals surface area contributed by atoms with E-state index in [-0.39, 0.29) is 25.0 Å². The molecule has 5 nitrogen and oxygen atoms in total. The van der Waals surface area contributed by atoms with Gasteiger partial charge in [0.15, 0.2) is 0 Å². The molecule has 1 aliphatic heterocycles. The van der Waals surface area contributed by atoms with Gasteiger partial charge in [-0.1, -0.05) is 36.2 Å². The van der Waals surface area contributed by atoms with Crippen molar-refractivity contribution >= 4 is 35.1 Å². The number of carbonyl (C=O) groups is 2. The molecule has 0 aromatic heterocycles. The lowest BCUT2D eigenvalue weighted by Gasteiger charge is -2.40. The highest BCUT2D eigenvalue weighted by Gasteiger charge is 2.44. The molecular weight excluding hydrogens is 365 g/mol. The summed E-state index contributed by atoms with van der Waals surface area (Å²) in [4.78, 5) is 26.2. The van der Waals surface area contributed by atoms with E-state index in [0.29, 0.717) is 35.9 Å². The third kappa shape index (κ3) is 4.66. The minimum atomic E-state index is -1.03. The number of rotatable bonds is 6. The van der Waals surface area contributed by atoms with Gasteiger partial charge in [0.05, 0.1) is 6.61 Å². The number of nitrogens with zero attached hydrogens (tertiary/aromatic N) is 1. The van der Waals surface area contributed by atoms with Crippen molar-refractivity contribution in [3.63, 3.8) is 0 Å². The summed E-state index contributed by atoms with van der Waals surface area (Å²) < 4.78 is 5.11. The van der Waals surface area contributed by atoms with Crippen molar-refractivity contribution in [3.8, 4) is 0 Å². The molecule has 138 valence electrons. The molecule has 0 radical (unpaired) electrons. The summed E-state index contributed by atoms with van der Waals surface area (Å²) >= 11 is 12.1. The third-order valence-electron chi connectivity index (χ3n) is 4.73. The topological polar surface area (TPSA) is 66.8 Å². The molecule has 2 atom stereocenters. The van der Waals surface area contributed by atoms with Crippen LogP contribution in [-0.4, -0.2) is 48.7 Å². The zero-order valence-electron chi connectivity index (χ0n) is 14.4. The summed E-state index contributed by atoms with van der Waals surface area (Å²) in [6.45, 7) is 2.67. The molecule has 1 amide bonds. The van der Waals surface area contributed by atoms with Gasteiger partial charge < -0.3 is 14.7 Å². The standard InChI is InChI=1S/C18H23Cl2NO4/c1-12(8-13-4-5-14(19)9-15(13)20)16(22)21-7-3-6-18(10-21,11-25-2)17(23)24/h4-5,9,12H,3,6-8,10-11H2,1-2H3,(H,23,24). The fraction of sp³-hybridized carbons (Fsp3) is 0.556. The maximum Gasteiger partial charge on any atom is 0.313 e. The first-order valence-electron chi connectivity index (χ1n) is 8.24. The number of methoxy groups -OCH3 is 1. The van der Waals surface area contributed by atoms with Crippen LogP contribution in [0, 0.1) is 11.3 Å². The number of halogens is 2. The number of hydrogen-bond acceptors (Lipinski definition) is 3. The van der Waals surface area contributed by atoms with Crippen LogP contribution in [0.3, 0.4) is 0 Å². The van der Waals surface area contributed by atoms with Gasteiger partial charge in [0, 0.05) is 36.2 Å². The molecule has 0 bridgehead atoms. The molecule has 1 N–H and O–H groups in total. The number of hydrogen-bond donors (Lipinski definition) is 1. The number of carboxylic acids is 1. The van der Waals surface area contributed by atoms with Gasteiger partial charge in [-0.25, -0.2) is 0 Å². The Hall–Kier alpha value is -1.30. The third-order valence-corrected chi connectivity index (χ3v) is 5.31. The van der Waals surface area contributed by atoms with E-state index in [1.54, 1.807) is 17.0 Å². The van der Waals surface area contributed by atoms with Crippen LogP contribution in [0.2, 0.25) is 10.0 Å². The van der Waals surface area contributed by atoms with Crippen LogP contribution in [0.25, 0.3) is 0 Å². The second kappa shape index (κ2) is 8.39. The smallest absolute Gasteiger partial charge is 0.313 e. The average molecular weight is 388 g/mol. The van der Waals surface area contributed by atoms with Crippen molar-refractivity contribution in [2.75, 3.05) is 26.8 Å². The van der Waals surface area contributed by atoms with E-state index in [9.17, 15) is 14.7 Å². The number of amides is 1. The predicted molar refractivity (Wildman–Crippen MR) is 97.1 cm³/mol. The number of likely N-dealkylation sites (tertiary alicyclic amines) is 1. The van der Waals surface area contributed by atoms with Crippen molar-refractivity contribution in [3.05, 3.63) is 33.8 Å². The molecule has 1 heterocycles. The summed E-state index contributed by atoms with van der Waals surface area (Å²) in [5.41, 5.74) is -0.175. The van der Waals surface area contributed by atoms with Crippen LogP contribution in [0.5, 0.6) is 0 Å². The fourth-order valence-electron chi connectivity index (χ4n) is 3.37. The number of piperidine rings is 1. The van der Waals surface area contributed by atoms with Crippen molar-refractivity contribution in [2.24, 2.45) is 11.3 Å². The van der Waals surface area contributed by atoms with Gasteiger partial charge in [-0.15, -0.1) is 0 Å². The van der Waals surface area contributed by atoms with E-state index in [4.69, 9.17) is 27.9 Å². The maximum atomic E-state index is 12.8. The van der Waals surface area contributed by atoms with Gasteiger partial charge in [0.1, 0.15) is 5.41 Å². The van der Waals surface area contributed by atoms with Gasteiger partial charge in [0.25, 0.3) is 0 Å². The highest BCUT2D eigenvalue weighted by molar-refractivity contribution is 6.35. The first-order valence-corrected chi connectivity index (χ1v) is 9.00. The molecule has 0 spiro atoms. The first-order chi connectivity index (χ1) is 11.8. The van der Waals surface area contributed by atoms with Crippen LogP contribution in [0.15, 0.2) is 18.2 Å². The summed E-state index contributed by atoms with van der Waals surface area (Å²) in [6.07, 6.45) is 1.64. The van der Waals surface area contributed by atoms with Crippen LogP contribution in [0.4, 0.5) is 0 Å². The van der Waals surface area contributed by atoms with Crippen LogP contribution in [-0.2, 0) is 20.7 Å². The Morgan fingerprint density at radius 2 is 2.12 bits per heavy atom. The quantitative estimate of drug-likeness (QED) is 0.810. The number of benzene rings is 1. The van der Waals surface area contributed by atoms with Crippen LogP contribution < -0.4 is 0 Å². The summed E-state index contributed by atoms with van der Waals surface area (Å²) in [7, 11) is 1.48. The lowest BCUT2D eigenvalue weighted by molar-refractivity contribution is -0.159. The van der Waals surface area contributed by atoms with Gasteiger partial charge in [0.2, 0.25) is 5.91 Å². The lowest BCUT2D eigenvalue weighted by Crippen LogP contribution is -2.53. The van der Waals surface area contributed by atoms with E-state index in [1.807, 2.05) is 13.0 Å². The van der Waals surface area contributed by atoms with E-state index in [2.05, 4.69) is 0 Å². The van der Waals surface area contributed by atoms with E-state index < -0.39 is 11.4 Å². The molecule has 1 aromatic rings. The Labute approximate surface area is 157 Å². The minimum absolute atomic E-state index is 0.0626. The minimum Gasteiger partial charge on any atom is -0.481 e. The van der Waals surface area contributed by atoms with E-state index in [0.717, 1.165) is 5.56 Å². The normalized spacial score (nSPS) is 21.8. The number of carbonyl (C=O) groups excluding carboxylic acids is 1. The highest BCUT2D eigenvalue weighted by Crippen LogP contribution is 2.32. The van der Waals surface area contributed by atoms with Gasteiger partial charge in [-0.05, 0) is 37.0 Å². The van der Waals surface area contributed by atoms with Crippen LogP contribution >= 0.6 is 23.2 Å². The summed E-state index contributed by atoms with van der Waals surface area (Å²) in [5.74, 6) is -1.28. The van der Waals surface area contributed by atoms with E-state index in [1.165, 1.54) is 7.11 Å². The van der Waals surface area contributed by atoms with Crippen molar-refractivity contribution in [2.45, 2.75) is 26.2 Å². The molecule has 2 rings (SSSR count). The Bertz CT molecular complexity index is 648. The van der Waals surface area contributed by atoms with Crippen molar-refractivity contribution < 1.29 is 19.4 Å². The Morgan fingerprint density at radius 3 is 2.72 bits per heavy atom. The van der Waals surface area contributed by atoms with Gasteiger partial charge in [-0.3, -0.25) is 9.59 Å². The number of carboxylic acid groups (broad SMARTS) is 1. The summed E-state index contributed by atoms with van der Waals surface area (Å²) in [5, 5.41) is 10.7. The molecule has 25 heavy (non-hydrogen) atoms. The Morgan fingerprint density at radius 1 is 1.40 bits per heavy atom. The van der Waals surface area contributed by atoms with Crippen molar-refractivity contribution in [1.82, 2.24) is 4.90 Å². The zero-order chi connectivity index (χ0) is 18.6. The summed E-state index contributed by atoms with van der Waals surface area (Å²) in [6, 6.07) is 5.22.